The molecule has 1 unspecified atom stereocenters. The Labute approximate surface area is 94.0 Å². The highest BCUT2D eigenvalue weighted by atomic mass is 16.5. The first-order chi connectivity index (χ1) is 7.88. The molecule has 2 heterocycles. The van der Waals surface area contributed by atoms with Crippen molar-refractivity contribution in [1.29, 1.82) is 0 Å². The zero-order valence-electron chi connectivity index (χ0n) is 9.23. The molecule has 1 aromatic heterocycles. The average molecular weight is 218 g/mol. The third kappa shape index (κ3) is 1.48. The predicted molar refractivity (Wildman–Crippen MR) is 60.7 cm³/mol. The van der Waals surface area contributed by atoms with Crippen LogP contribution in [0.15, 0.2) is 28.7 Å². The summed E-state index contributed by atoms with van der Waals surface area (Å²) >= 11 is 0. The molecule has 3 heteroatoms. The Balaban J connectivity index is 2.07. The van der Waals surface area contributed by atoms with E-state index in [2.05, 4.69) is 0 Å². The fourth-order valence-corrected chi connectivity index (χ4v) is 2.18. The summed E-state index contributed by atoms with van der Waals surface area (Å²) in [5.41, 5.74) is 0.815. The first-order valence-electron chi connectivity index (χ1n) is 5.56. The third-order valence-electron chi connectivity index (χ3n) is 2.99. The van der Waals surface area contributed by atoms with Crippen LogP contribution in [-0.2, 0) is 4.74 Å². The molecule has 1 aliphatic heterocycles. The minimum absolute atomic E-state index is 0.122. The molecule has 0 amide bonds. The van der Waals surface area contributed by atoms with Gasteiger partial charge in [0.1, 0.15) is 11.9 Å². The largest absolute Gasteiger partial charge is 0.493 e. The quantitative estimate of drug-likeness (QED) is 0.775. The molecular weight excluding hydrogens is 204 g/mol. The second kappa shape index (κ2) is 3.83. The van der Waals surface area contributed by atoms with Gasteiger partial charge in [-0.2, -0.15) is 0 Å². The van der Waals surface area contributed by atoms with Crippen molar-refractivity contribution in [3.63, 3.8) is 0 Å². The van der Waals surface area contributed by atoms with Crippen molar-refractivity contribution in [3.8, 4) is 5.75 Å². The Hall–Kier alpha value is -1.48. The second-order valence-corrected chi connectivity index (χ2v) is 4.03. The molecule has 1 atom stereocenters. The van der Waals surface area contributed by atoms with Gasteiger partial charge >= 0.3 is 0 Å². The lowest BCUT2D eigenvalue weighted by atomic mass is 10.2. The van der Waals surface area contributed by atoms with Crippen LogP contribution in [0.1, 0.15) is 24.7 Å². The summed E-state index contributed by atoms with van der Waals surface area (Å²) in [5.74, 6) is 1.69. The number of ether oxygens (including phenoxy) is 2. The van der Waals surface area contributed by atoms with Crippen molar-refractivity contribution in [1.82, 2.24) is 0 Å². The lowest BCUT2D eigenvalue weighted by Gasteiger charge is -2.04. The van der Waals surface area contributed by atoms with Gasteiger partial charge in [0.25, 0.3) is 0 Å². The number of benzene rings is 1. The molecule has 1 saturated heterocycles. The van der Waals surface area contributed by atoms with E-state index in [1.165, 1.54) is 0 Å². The van der Waals surface area contributed by atoms with Gasteiger partial charge < -0.3 is 13.9 Å². The molecule has 0 saturated carbocycles. The van der Waals surface area contributed by atoms with Crippen LogP contribution in [0.3, 0.4) is 0 Å². The SMILES string of the molecule is COc1cccc2cc(C3CCCO3)oc12. The monoisotopic (exact) mass is 218 g/mol. The zero-order valence-corrected chi connectivity index (χ0v) is 9.23. The number of para-hydroxylation sites is 1. The summed E-state index contributed by atoms with van der Waals surface area (Å²) in [6.45, 7) is 0.832. The van der Waals surface area contributed by atoms with Gasteiger partial charge in [-0.15, -0.1) is 0 Å². The van der Waals surface area contributed by atoms with Gasteiger partial charge in [-0.25, -0.2) is 0 Å². The van der Waals surface area contributed by atoms with E-state index in [0.717, 1.165) is 41.9 Å². The Morgan fingerprint density at radius 3 is 3.06 bits per heavy atom. The molecular formula is C13H14O3. The molecule has 3 rings (SSSR count). The van der Waals surface area contributed by atoms with E-state index in [0.29, 0.717) is 0 Å². The van der Waals surface area contributed by atoms with Crippen LogP contribution in [0.5, 0.6) is 5.75 Å². The Morgan fingerprint density at radius 1 is 1.38 bits per heavy atom. The van der Waals surface area contributed by atoms with Crippen LogP contribution < -0.4 is 4.74 Å². The van der Waals surface area contributed by atoms with Crippen LogP contribution in [0.25, 0.3) is 11.0 Å². The van der Waals surface area contributed by atoms with Crippen LogP contribution in [0.4, 0.5) is 0 Å². The van der Waals surface area contributed by atoms with Crippen LogP contribution >= 0.6 is 0 Å². The topological polar surface area (TPSA) is 31.6 Å². The van der Waals surface area contributed by atoms with E-state index in [1.54, 1.807) is 7.11 Å². The molecule has 0 aliphatic carbocycles. The van der Waals surface area contributed by atoms with Gasteiger partial charge in [0.15, 0.2) is 11.3 Å². The average Bonchev–Trinajstić information content (AvgIpc) is 2.96. The molecule has 0 radical (unpaired) electrons. The highest BCUT2D eigenvalue weighted by Gasteiger charge is 2.22. The van der Waals surface area contributed by atoms with Crippen molar-refractivity contribution >= 4 is 11.0 Å². The summed E-state index contributed by atoms with van der Waals surface area (Å²) in [6.07, 6.45) is 2.28. The van der Waals surface area contributed by atoms with Crippen molar-refractivity contribution in [2.75, 3.05) is 13.7 Å². The van der Waals surface area contributed by atoms with Crippen molar-refractivity contribution < 1.29 is 13.9 Å². The molecule has 3 nitrogen and oxygen atoms in total. The first-order valence-corrected chi connectivity index (χ1v) is 5.56. The normalized spacial score (nSPS) is 20.4. The van der Waals surface area contributed by atoms with Crippen LogP contribution in [0.2, 0.25) is 0 Å². The second-order valence-electron chi connectivity index (χ2n) is 4.03. The molecule has 2 aromatic rings. The summed E-state index contributed by atoms with van der Waals surface area (Å²) in [6, 6.07) is 7.95. The van der Waals surface area contributed by atoms with Crippen molar-refractivity contribution in [2.45, 2.75) is 18.9 Å². The van der Waals surface area contributed by atoms with Gasteiger partial charge in [0.2, 0.25) is 0 Å². The van der Waals surface area contributed by atoms with Crippen LogP contribution in [-0.4, -0.2) is 13.7 Å². The van der Waals surface area contributed by atoms with Gasteiger partial charge in [0.05, 0.1) is 7.11 Å². The molecule has 16 heavy (non-hydrogen) atoms. The maximum atomic E-state index is 5.82. The third-order valence-corrected chi connectivity index (χ3v) is 2.99. The summed E-state index contributed by atoms with van der Waals surface area (Å²) < 4.78 is 16.7. The van der Waals surface area contributed by atoms with Gasteiger partial charge in [-0.1, -0.05) is 12.1 Å². The summed E-state index contributed by atoms with van der Waals surface area (Å²) in [7, 11) is 1.66. The molecule has 0 N–H and O–H groups in total. The molecule has 84 valence electrons. The summed E-state index contributed by atoms with van der Waals surface area (Å²) in [4.78, 5) is 0. The van der Waals surface area contributed by atoms with Gasteiger partial charge in [-0.3, -0.25) is 0 Å². The fraction of sp³-hybridized carbons (Fsp3) is 0.385. The Morgan fingerprint density at radius 2 is 2.31 bits per heavy atom. The first kappa shape index (κ1) is 9.73. The summed E-state index contributed by atoms with van der Waals surface area (Å²) in [5, 5.41) is 1.07. The fourth-order valence-electron chi connectivity index (χ4n) is 2.18. The molecule has 1 aliphatic rings. The molecule has 0 spiro atoms. The maximum absolute atomic E-state index is 5.82. The number of rotatable bonds is 2. The molecule has 0 bridgehead atoms. The van der Waals surface area contributed by atoms with Crippen LogP contribution in [0, 0.1) is 0 Å². The van der Waals surface area contributed by atoms with E-state index < -0.39 is 0 Å². The smallest absolute Gasteiger partial charge is 0.176 e. The van der Waals surface area contributed by atoms with E-state index >= 15 is 0 Å². The van der Waals surface area contributed by atoms with Gasteiger partial charge in [0, 0.05) is 12.0 Å². The Kier molecular flexibility index (Phi) is 2.33. The van der Waals surface area contributed by atoms with Gasteiger partial charge in [-0.05, 0) is 25.0 Å². The maximum Gasteiger partial charge on any atom is 0.176 e. The lowest BCUT2D eigenvalue weighted by molar-refractivity contribution is 0.0949. The number of fused-ring (bicyclic) bond motifs is 1. The highest BCUT2D eigenvalue weighted by Crippen LogP contribution is 2.35. The van der Waals surface area contributed by atoms with E-state index in [1.807, 2.05) is 24.3 Å². The van der Waals surface area contributed by atoms with Crippen molar-refractivity contribution in [2.24, 2.45) is 0 Å². The predicted octanol–water partition coefficient (Wildman–Crippen LogP) is 3.29. The number of hydrogen-bond donors (Lipinski definition) is 0. The Bertz CT molecular complexity index is 495. The molecule has 1 aromatic carbocycles. The lowest BCUT2D eigenvalue weighted by Crippen LogP contribution is -1.92. The molecule has 1 fully saturated rings. The van der Waals surface area contributed by atoms with E-state index in [-0.39, 0.29) is 6.10 Å². The highest BCUT2D eigenvalue weighted by molar-refractivity contribution is 5.83. The zero-order chi connectivity index (χ0) is 11.0. The minimum atomic E-state index is 0.122. The van der Waals surface area contributed by atoms with E-state index in [9.17, 15) is 0 Å². The minimum Gasteiger partial charge on any atom is -0.493 e. The number of furan rings is 1. The number of hydrogen-bond acceptors (Lipinski definition) is 3. The standard InChI is InChI=1S/C13H14O3/c1-14-11-5-2-4-9-8-12(16-13(9)11)10-6-3-7-15-10/h2,4-5,8,10H,3,6-7H2,1H3. The number of methoxy groups -OCH3 is 1. The van der Waals surface area contributed by atoms with E-state index in [4.69, 9.17) is 13.9 Å². The van der Waals surface area contributed by atoms with Crippen molar-refractivity contribution in [3.05, 3.63) is 30.0 Å².